The Balaban J connectivity index is 2.52. The number of amides is 1. The van der Waals surface area contributed by atoms with Crippen LogP contribution in [0.2, 0.25) is 0 Å². The van der Waals surface area contributed by atoms with Crippen molar-refractivity contribution in [3.8, 4) is 5.75 Å². The van der Waals surface area contributed by atoms with Gasteiger partial charge in [-0.3, -0.25) is 9.59 Å². The molecular weight excluding hydrogens is 244 g/mol. The monoisotopic (exact) mass is 264 g/mol. The van der Waals surface area contributed by atoms with Crippen LogP contribution in [0, 0.1) is 6.92 Å². The summed E-state index contributed by atoms with van der Waals surface area (Å²) >= 11 is 0. The molecule has 1 heterocycles. The minimum atomic E-state index is -0.196. The fourth-order valence-electron chi connectivity index (χ4n) is 1.74. The minimum Gasteiger partial charge on any atom is -0.481 e. The van der Waals surface area contributed by atoms with Gasteiger partial charge in [0.15, 0.2) is 12.9 Å². The lowest BCUT2D eigenvalue weighted by Gasteiger charge is -2.13. The van der Waals surface area contributed by atoms with Gasteiger partial charge in [-0.15, -0.1) is 0 Å². The van der Waals surface area contributed by atoms with Gasteiger partial charge in [0.2, 0.25) is 0 Å². The first-order valence-electron chi connectivity index (χ1n) is 6.41. The highest BCUT2D eigenvalue weighted by Crippen LogP contribution is 2.14. The van der Waals surface area contributed by atoms with E-state index in [9.17, 15) is 9.59 Å². The van der Waals surface area contributed by atoms with Crippen molar-refractivity contribution in [2.24, 2.45) is 0 Å². The van der Waals surface area contributed by atoms with Crippen molar-refractivity contribution in [2.75, 3.05) is 6.61 Å². The van der Waals surface area contributed by atoms with Crippen LogP contribution in [0.4, 0.5) is 0 Å². The number of aromatic nitrogens is 1. The molecule has 0 spiro atoms. The third-order valence-corrected chi connectivity index (χ3v) is 2.62. The van der Waals surface area contributed by atoms with Gasteiger partial charge in [-0.2, -0.15) is 0 Å². The fourth-order valence-corrected chi connectivity index (χ4v) is 1.74. The maximum Gasteiger partial charge on any atom is 0.258 e. The van der Waals surface area contributed by atoms with Crippen LogP contribution in [0.3, 0.4) is 0 Å². The van der Waals surface area contributed by atoms with E-state index in [0.717, 1.165) is 18.5 Å². The summed E-state index contributed by atoms with van der Waals surface area (Å²) < 4.78 is 5.32. The number of nitrogens with one attached hydrogen (secondary N) is 1. The SMILES string of the molecule is CCCC(C)NC(=O)COc1ccc(C)nc1C=O. The summed E-state index contributed by atoms with van der Waals surface area (Å²) in [4.78, 5) is 26.5. The molecule has 1 atom stereocenters. The van der Waals surface area contributed by atoms with Crippen LogP contribution < -0.4 is 10.1 Å². The highest BCUT2D eigenvalue weighted by Gasteiger charge is 2.10. The third-order valence-electron chi connectivity index (χ3n) is 2.62. The number of carbonyl (C=O) groups is 2. The van der Waals surface area contributed by atoms with Gasteiger partial charge in [0.25, 0.3) is 5.91 Å². The topological polar surface area (TPSA) is 68.3 Å². The Bertz CT molecular complexity index is 446. The highest BCUT2D eigenvalue weighted by molar-refractivity contribution is 5.79. The number of pyridine rings is 1. The van der Waals surface area contributed by atoms with Gasteiger partial charge in [-0.1, -0.05) is 13.3 Å². The molecule has 5 heteroatoms. The number of hydrogen-bond donors (Lipinski definition) is 1. The lowest BCUT2D eigenvalue weighted by Crippen LogP contribution is -2.36. The van der Waals surface area contributed by atoms with E-state index in [-0.39, 0.29) is 24.2 Å². The largest absolute Gasteiger partial charge is 0.481 e. The van der Waals surface area contributed by atoms with Crippen LogP contribution in [-0.2, 0) is 4.79 Å². The van der Waals surface area contributed by atoms with Crippen LogP contribution in [0.1, 0.15) is 42.9 Å². The number of ether oxygens (including phenoxy) is 1. The quantitative estimate of drug-likeness (QED) is 0.763. The molecular formula is C14H20N2O3. The van der Waals surface area contributed by atoms with Crippen molar-refractivity contribution in [3.05, 3.63) is 23.5 Å². The Morgan fingerprint density at radius 2 is 2.26 bits per heavy atom. The Hall–Kier alpha value is -1.91. The van der Waals surface area contributed by atoms with E-state index in [2.05, 4.69) is 17.2 Å². The van der Waals surface area contributed by atoms with Gasteiger partial charge < -0.3 is 10.1 Å². The molecule has 0 aliphatic heterocycles. The standard InChI is InChI=1S/C14H20N2O3/c1-4-5-10(2)16-14(18)9-19-13-7-6-11(3)15-12(13)8-17/h6-8,10H,4-5,9H2,1-3H3,(H,16,18). The molecule has 0 aliphatic rings. The molecule has 1 amide bonds. The second-order valence-corrected chi connectivity index (χ2v) is 4.50. The first kappa shape index (κ1) is 15.1. The average Bonchev–Trinajstić information content (AvgIpc) is 2.37. The maximum atomic E-state index is 11.6. The number of hydrogen-bond acceptors (Lipinski definition) is 4. The summed E-state index contributed by atoms with van der Waals surface area (Å²) in [5, 5.41) is 2.83. The van der Waals surface area contributed by atoms with Gasteiger partial charge in [0, 0.05) is 11.7 Å². The van der Waals surface area contributed by atoms with Crippen molar-refractivity contribution < 1.29 is 14.3 Å². The third kappa shape index (κ3) is 5.07. The number of carbonyl (C=O) groups excluding carboxylic acids is 2. The summed E-state index contributed by atoms with van der Waals surface area (Å²) in [7, 11) is 0. The van der Waals surface area contributed by atoms with Gasteiger partial charge >= 0.3 is 0 Å². The second-order valence-electron chi connectivity index (χ2n) is 4.50. The van der Waals surface area contributed by atoms with E-state index in [1.165, 1.54) is 0 Å². The molecule has 0 aliphatic carbocycles. The predicted molar refractivity (Wildman–Crippen MR) is 72.4 cm³/mol. The van der Waals surface area contributed by atoms with Crippen LogP contribution >= 0.6 is 0 Å². The lowest BCUT2D eigenvalue weighted by molar-refractivity contribution is -0.123. The molecule has 19 heavy (non-hydrogen) atoms. The van der Waals surface area contributed by atoms with Gasteiger partial charge in [-0.05, 0) is 32.4 Å². The van der Waals surface area contributed by atoms with Crippen molar-refractivity contribution in [3.63, 3.8) is 0 Å². The Kier molecular flexibility index (Phi) is 5.99. The Morgan fingerprint density at radius 3 is 2.89 bits per heavy atom. The molecule has 1 aromatic rings. The van der Waals surface area contributed by atoms with Crippen molar-refractivity contribution in [1.82, 2.24) is 10.3 Å². The van der Waals surface area contributed by atoms with Crippen molar-refractivity contribution in [2.45, 2.75) is 39.7 Å². The molecule has 104 valence electrons. The first-order valence-corrected chi connectivity index (χ1v) is 6.41. The Morgan fingerprint density at radius 1 is 1.53 bits per heavy atom. The second kappa shape index (κ2) is 7.51. The summed E-state index contributed by atoms with van der Waals surface area (Å²) in [5.41, 5.74) is 0.949. The number of rotatable bonds is 7. The van der Waals surface area contributed by atoms with Gasteiger partial charge in [-0.25, -0.2) is 4.98 Å². The zero-order chi connectivity index (χ0) is 14.3. The van der Waals surface area contributed by atoms with E-state index < -0.39 is 0 Å². The summed E-state index contributed by atoms with van der Waals surface area (Å²) in [5.74, 6) is 0.136. The predicted octanol–water partition coefficient (Wildman–Crippen LogP) is 1.89. The molecule has 1 N–H and O–H groups in total. The van der Waals surface area contributed by atoms with Crippen LogP contribution in [0.25, 0.3) is 0 Å². The van der Waals surface area contributed by atoms with Crippen molar-refractivity contribution >= 4 is 12.2 Å². The highest BCUT2D eigenvalue weighted by atomic mass is 16.5. The zero-order valence-corrected chi connectivity index (χ0v) is 11.6. The zero-order valence-electron chi connectivity index (χ0n) is 11.6. The number of aldehydes is 1. The summed E-state index contributed by atoms with van der Waals surface area (Å²) in [6, 6.07) is 3.51. The van der Waals surface area contributed by atoms with E-state index in [4.69, 9.17) is 4.74 Å². The minimum absolute atomic E-state index is 0.111. The summed E-state index contributed by atoms with van der Waals surface area (Å²) in [6.45, 7) is 5.69. The van der Waals surface area contributed by atoms with Crippen molar-refractivity contribution in [1.29, 1.82) is 0 Å². The maximum absolute atomic E-state index is 11.6. The van der Waals surface area contributed by atoms with Crippen LogP contribution in [-0.4, -0.2) is 29.8 Å². The smallest absolute Gasteiger partial charge is 0.258 e. The van der Waals surface area contributed by atoms with Gasteiger partial charge in [0.1, 0.15) is 11.4 Å². The molecule has 5 nitrogen and oxygen atoms in total. The normalized spacial score (nSPS) is 11.7. The molecule has 1 unspecified atom stereocenters. The van der Waals surface area contributed by atoms with E-state index in [1.54, 1.807) is 19.1 Å². The molecule has 0 aromatic carbocycles. The first-order chi connectivity index (χ1) is 9.06. The Labute approximate surface area is 113 Å². The molecule has 0 fully saturated rings. The lowest BCUT2D eigenvalue weighted by atomic mass is 10.2. The molecule has 0 radical (unpaired) electrons. The molecule has 0 saturated carbocycles. The molecule has 0 saturated heterocycles. The van der Waals surface area contributed by atoms with E-state index in [1.807, 2.05) is 6.92 Å². The fraction of sp³-hybridized carbons (Fsp3) is 0.500. The summed E-state index contributed by atoms with van der Waals surface area (Å²) in [6.07, 6.45) is 2.57. The van der Waals surface area contributed by atoms with Crippen LogP contribution in [0.5, 0.6) is 5.75 Å². The van der Waals surface area contributed by atoms with E-state index >= 15 is 0 Å². The number of nitrogens with zero attached hydrogens (tertiary/aromatic N) is 1. The molecule has 1 aromatic heterocycles. The van der Waals surface area contributed by atoms with E-state index in [0.29, 0.717) is 12.0 Å². The molecule has 1 rings (SSSR count). The van der Waals surface area contributed by atoms with Gasteiger partial charge in [0.05, 0.1) is 0 Å². The number of aryl methyl sites for hydroxylation is 1. The molecule has 0 bridgehead atoms. The average molecular weight is 264 g/mol. The van der Waals surface area contributed by atoms with Crippen LogP contribution in [0.15, 0.2) is 12.1 Å².